The number of nitrogens with two attached hydrogens (primary N) is 1. The fraction of sp³-hybridized carbons (Fsp3) is 1.00. The average molecular weight is 172 g/mol. The van der Waals surface area contributed by atoms with Gasteiger partial charge in [-0.2, -0.15) is 0 Å². The largest absolute Gasteiger partial charge is 0.390 e. The van der Waals surface area contributed by atoms with Gasteiger partial charge in [-0.25, -0.2) is 0 Å². The van der Waals surface area contributed by atoms with Gasteiger partial charge in [0.25, 0.3) is 0 Å². The van der Waals surface area contributed by atoms with Gasteiger partial charge in [-0.3, -0.25) is 0 Å². The number of likely N-dealkylation sites (tertiary alicyclic amines) is 1. The highest BCUT2D eigenvalue weighted by molar-refractivity contribution is 4.81. The van der Waals surface area contributed by atoms with Crippen molar-refractivity contribution in [2.24, 2.45) is 11.7 Å². The van der Waals surface area contributed by atoms with Gasteiger partial charge in [-0.1, -0.05) is 0 Å². The van der Waals surface area contributed by atoms with Crippen LogP contribution in [0.4, 0.5) is 0 Å². The average Bonchev–Trinajstić information content (AvgIpc) is 1.82. The molecule has 0 atom stereocenters. The molecule has 3 nitrogen and oxygen atoms in total. The molecule has 1 heterocycles. The van der Waals surface area contributed by atoms with Gasteiger partial charge in [0.1, 0.15) is 0 Å². The molecule has 0 bridgehead atoms. The minimum Gasteiger partial charge on any atom is -0.390 e. The molecule has 1 aliphatic heterocycles. The van der Waals surface area contributed by atoms with Gasteiger partial charge >= 0.3 is 0 Å². The lowest BCUT2D eigenvalue weighted by Gasteiger charge is -2.39. The Kier molecular flexibility index (Phi) is 3.09. The van der Waals surface area contributed by atoms with Crippen molar-refractivity contribution in [2.45, 2.75) is 25.9 Å². The molecule has 1 saturated heterocycles. The summed E-state index contributed by atoms with van der Waals surface area (Å²) >= 11 is 0. The normalized spacial score (nSPS) is 21.0. The lowest BCUT2D eigenvalue weighted by Crippen LogP contribution is -2.50. The molecular weight excluding hydrogens is 152 g/mol. The minimum atomic E-state index is -0.520. The molecule has 0 aromatic rings. The molecule has 72 valence electrons. The molecule has 3 heteroatoms. The quantitative estimate of drug-likeness (QED) is 0.629. The molecule has 1 aliphatic rings. The van der Waals surface area contributed by atoms with Crippen molar-refractivity contribution in [1.82, 2.24) is 4.90 Å². The Hall–Kier alpha value is -0.120. The highest BCUT2D eigenvalue weighted by atomic mass is 16.3. The zero-order valence-corrected chi connectivity index (χ0v) is 8.08. The fourth-order valence-electron chi connectivity index (χ4n) is 1.44. The molecule has 0 amide bonds. The van der Waals surface area contributed by atoms with Gasteiger partial charge in [0.05, 0.1) is 5.60 Å². The van der Waals surface area contributed by atoms with Crippen LogP contribution in [0.15, 0.2) is 0 Å². The lowest BCUT2D eigenvalue weighted by molar-refractivity contribution is 0.0330. The molecule has 1 fully saturated rings. The Balaban J connectivity index is 2.04. The van der Waals surface area contributed by atoms with Crippen LogP contribution >= 0.6 is 0 Å². The Morgan fingerprint density at radius 3 is 2.50 bits per heavy atom. The summed E-state index contributed by atoms with van der Waals surface area (Å²) in [5, 5.41) is 9.46. The maximum atomic E-state index is 9.46. The van der Waals surface area contributed by atoms with Crippen LogP contribution in [0.25, 0.3) is 0 Å². The zero-order valence-electron chi connectivity index (χ0n) is 8.08. The molecule has 0 saturated carbocycles. The lowest BCUT2D eigenvalue weighted by atomic mass is 9.98. The number of aliphatic hydroxyl groups is 1. The van der Waals surface area contributed by atoms with E-state index >= 15 is 0 Å². The van der Waals surface area contributed by atoms with Crippen molar-refractivity contribution >= 4 is 0 Å². The minimum absolute atomic E-state index is 0.520. The van der Waals surface area contributed by atoms with E-state index in [1.54, 1.807) is 0 Å². The first kappa shape index (κ1) is 9.96. The van der Waals surface area contributed by atoms with E-state index in [2.05, 4.69) is 4.90 Å². The fourth-order valence-corrected chi connectivity index (χ4v) is 1.44. The van der Waals surface area contributed by atoms with Gasteiger partial charge in [0, 0.05) is 19.6 Å². The number of nitrogens with zero attached hydrogens (tertiary/aromatic N) is 1. The van der Waals surface area contributed by atoms with Crippen LogP contribution in [0.2, 0.25) is 0 Å². The zero-order chi connectivity index (χ0) is 9.19. The molecular formula is C9H20N2O. The number of hydrogen-bond acceptors (Lipinski definition) is 3. The topological polar surface area (TPSA) is 49.5 Å². The molecule has 0 aromatic heterocycles. The van der Waals surface area contributed by atoms with Crippen LogP contribution in [0.3, 0.4) is 0 Å². The summed E-state index contributed by atoms with van der Waals surface area (Å²) in [4.78, 5) is 2.34. The van der Waals surface area contributed by atoms with E-state index < -0.39 is 5.60 Å². The second-order valence-electron chi connectivity index (χ2n) is 4.42. The second kappa shape index (κ2) is 3.73. The third-order valence-electron chi connectivity index (χ3n) is 2.41. The summed E-state index contributed by atoms with van der Waals surface area (Å²) < 4.78 is 0. The van der Waals surface area contributed by atoms with E-state index in [1.165, 1.54) is 0 Å². The SMILES string of the molecule is CC(C)(O)CCN1CC(CN)C1. The number of hydrogen-bond donors (Lipinski definition) is 2. The van der Waals surface area contributed by atoms with Crippen molar-refractivity contribution in [2.75, 3.05) is 26.2 Å². The maximum absolute atomic E-state index is 9.46. The molecule has 0 aliphatic carbocycles. The molecule has 0 spiro atoms. The second-order valence-corrected chi connectivity index (χ2v) is 4.42. The molecule has 0 aromatic carbocycles. The Morgan fingerprint density at radius 2 is 2.08 bits per heavy atom. The van der Waals surface area contributed by atoms with Gasteiger partial charge in [0.2, 0.25) is 0 Å². The molecule has 1 rings (SSSR count). The predicted molar refractivity (Wildman–Crippen MR) is 49.9 cm³/mol. The molecule has 12 heavy (non-hydrogen) atoms. The van der Waals surface area contributed by atoms with Crippen LogP contribution in [0.5, 0.6) is 0 Å². The van der Waals surface area contributed by atoms with Crippen molar-refractivity contribution in [1.29, 1.82) is 0 Å². The van der Waals surface area contributed by atoms with E-state index in [9.17, 15) is 5.11 Å². The van der Waals surface area contributed by atoms with E-state index in [-0.39, 0.29) is 0 Å². The third-order valence-corrected chi connectivity index (χ3v) is 2.41. The van der Waals surface area contributed by atoms with Crippen LogP contribution in [-0.2, 0) is 0 Å². The van der Waals surface area contributed by atoms with Crippen molar-refractivity contribution in [3.8, 4) is 0 Å². The van der Waals surface area contributed by atoms with Crippen LogP contribution in [0.1, 0.15) is 20.3 Å². The molecule has 0 unspecified atom stereocenters. The van der Waals surface area contributed by atoms with Gasteiger partial charge in [-0.15, -0.1) is 0 Å². The predicted octanol–water partition coefficient (Wildman–Crippen LogP) is 0.0379. The third kappa shape index (κ3) is 3.09. The Bertz CT molecular complexity index is 136. The van der Waals surface area contributed by atoms with E-state index in [1.807, 2.05) is 13.8 Å². The van der Waals surface area contributed by atoms with E-state index in [0.29, 0.717) is 5.92 Å². The van der Waals surface area contributed by atoms with E-state index in [0.717, 1.165) is 32.6 Å². The smallest absolute Gasteiger partial charge is 0.0603 e. The Labute approximate surface area is 74.5 Å². The first-order valence-corrected chi connectivity index (χ1v) is 4.66. The maximum Gasteiger partial charge on any atom is 0.0603 e. The van der Waals surface area contributed by atoms with Crippen LogP contribution in [-0.4, -0.2) is 41.8 Å². The van der Waals surface area contributed by atoms with Crippen molar-refractivity contribution < 1.29 is 5.11 Å². The summed E-state index contributed by atoms with van der Waals surface area (Å²) in [6, 6.07) is 0. The highest BCUT2D eigenvalue weighted by Crippen LogP contribution is 2.16. The monoisotopic (exact) mass is 172 g/mol. The summed E-state index contributed by atoms with van der Waals surface area (Å²) in [5.74, 6) is 0.701. The van der Waals surface area contributed by atoms with Crippen molar-refractivity contribution in [3.05, 3.63) is 0 Å². The highest BCUT2D eigenvalue weighted by Gasteiger charge is 2.26. The van der Waals surface area contributed by atoms with Crippen LogP contribution < -0.4 is 5.73 Å². The van der Waals surface area contributed by atoms with E-state index in [4.69, 9.17) is 5.73 Å². The standard InChI is InChI=1S/C9H20N2O/c1-9(2,12)3-4-11-6-8(5-10)7-11/h8,12H,3-7,10H2,1-2H3. The number of rotatable bonds is 4. The summed E-state index contributed by atoms with van der Waals surface area (Å²) in [7, 11) is 0. The Morgan fingerprint density at radius 1 is 1.50 bits per heavy atom. The first-order chi connectivity index (χ1) is 5.51. The summed E-state index contributed by atoms with van der Waals surface area (Å²) in [6.07, 6.45) is 0.851. The summed E-state index contributed by atoms with van der Waals surface area (Å²) in [6.45, 7) is 7.75. The van der Waals surface area contributed by atoms with Gasteiger partial charge in [-0.05, 0) is 32.7 Å². The summed E-state index contributed by atoms with van der Waals surface area (Å²) in [5.41, 5.74) is 4.98. The van der Waals surface area contributed by atoms with Crippen molar-refractivity contribution in [3.63, 3.8) is 0 Å². The van der Waals surface area contributed by atoms with Gasteiger partial charge < -0.3 is 15.7 Å². The molecule has 0 radical (unpaired) electrons. The molecule has 3 N–H and O–H groups in total. The van der Waals surface area contributed by atoms with Gasteiger partial charge in [0.15, 0.2) is 0 Å². The van der Waals surface area contributed by atoms with Crippen LogP contribution in [0, 0.1) is 5.92 Å². The first-order valence-electron chi connectivity index (χ1n) is 4.66.